The molecule has 0 aliphatic rings. The summed E-state index contributed by atoms with van der Waals surface area (Å²) in [6.07, 6.45) is 47.3. The molecule has 0 saturated carbocycles. The Morgan fingerprint density at radius 3 is 0.791 bits per heavy atom. The molecule has 0 aromatic rings. The van der Waals surface area contributed by atoms with E-state index in [9.17, 15) is 0 Å². The predicted molar refractivity (Wildman–Crippen MR) is 191 cm³/mol. The summed E-state index contributed by atoms with van der Waals surface area (Å²) in [4.78, 5) is 0. The molecule has 256 valence electrons. The summed E-state index contributed by atoms with van der Waals surface area (Å²) in [6, 6.07) is 0. The van der Waals surface area contributed by atoms with Gasteiger partial charge in [0.1, 0.15) is 0 Å². The molecule has 0 aromatic heterocycles. The van der Waals surface area contributed by atoms with Gasteiger partial charge in [-0.2, -0.15) is 0 Å². The predicted octanol–water partition coefficient (Wildman–Crippen LogP) is 13.1. The minimum atomic E-state index is 0.684. The van der Waals surface area contributed by atoms with Gasteiger partial charge in [-0.3, -0.25) is 0 Å². The lowest BCUT2D eigenvalue weighted by Crippen LogP contribution is -2.10. The van der Waals surface area contributed by atoms with Gasteiger partial charge in [0.05, 0.1) is 26.4 Å². The fraction of sp³-hybridized carbons (Fsp3) is 0.900. The van der Waals surface area contributed by atoms with Crippen molar-refractivity contribution >= 4 is 0 Å². The van der Waals surface area contributed by atoms with Crippen LogP contribution in [0.1, 0.15) is 194 Å². The SMILES string of the molecule is CCCCCCCCC=CCCCCCCCCOCCOCCOCCCCCCCCC=CCCCCCCCC. The van der Waals surface area contributed by atoms with Crippen molar-refractivity contribution in [1.82, 2.24) is 0 Å². The van der Waals surface area contributed by atoms with Crippen LogP contribution in [0, 0.1) is 0 Å². The third kappa shape index (κ3) is 41.4. The highest BCUT2D eigenvalue weighted by Crippen LogP contribution is 2.11. The van der Waals surface area contributed by atoms with Gasteiger partial charge < -0.3 is 14.2 Å². The first-order chi connectivity index (χ1) is 21.4. The van der Waals surface area contributed by atoms with Crippen LogP contribution in [0.2, 0.25) is 0 Å². The summed E-state index contributed by atoms with van der Waals surface area (Å²) in [5.41, 5.74) is 0. The zero-order valence-electron chi connectivity index (χ0n) is 29.6. The van der Waals surface area contributed by atoms with Gasteiger partial charge in [0.2, 0.25) is 0 Å². The maximum absolute atomic E-state index is 5.72. The molecule has 0 spiro atoms. The van der Waals surface area contributed by atoms with E-state index in [-0.39, 0.29) is 0 Å². The van der Waals surface area contributed by atoms with Crippen LogP contribution in [0.25, 0.3) is 0 Å². The first-order valence-electron chi connectivity index (χ1n) is 19.4. The van der Waals surface area contributed by atoms with Crippen LogP contribution in [-0.2, 0) is 14.2 Å². The third-order valence-corrected chi connectivity index (χ3v) is 8.34. The summed E-state index contributed by atoms with van der Waals surface area (Å²) >= 11 is 0. The zero-order valence-corrected chi connectivity index (χ0v) is 29.6. The minimum Gasteiger partial charge on any atom is -0.379 e. The maximum Gasteiger partial charge on any atom is 0.0701 e. The number of ether oxygens (including phenoxy) is 3. The molecule has 43 heavy (non-hydrogen) atoms. The van der Waals surface area contributed by atoms with E-state index in [1.807, 2.05) is 0 Å². The molecular weight excluding hydrogens is 528 g/mol. The molecule has 0 radical (unpaired) electrons. The zero-order chi connectivity index (χ0) is 31.0. The highest BCUT2D eigenvalue weighted by atomic mass is 16.5. The van der Waals surface area contributed by atoms with Gasteiger partial charge in [-0.05, 0) is 64.2 Å². The normalized spacial score (nSPS) is 12.0. The van der Waals surface area contributed by atoms with Crippen molar-refractivity contribution in [2.24, 2.45) is 0 Å². The van der Waals surface area contributed by atoms with Crippen LogP contribution < -0.4 is 0 Å². The molecular formula is C40H78O3. The van der Waals surface area contributed by atoms with Crippen LogP contribution in [0.5, 0.6) is 0 Å². The largest absolute Gasteiger partial charge is 0.379 e. The first kappa shape index (κ1) is 42.4. The molecule has 0 heterocycles. The van der Waals surface area contributed by atoms with Gasteiger partial charge in [0.25, 0.3) is 0 Å². The highest BCUT2D eigenvalue weighted by molar-refractivity contribution is 4.82. The monoisotopic (exact) mass is 607 g/mol. The van der Waals surface area contributed by atoms with E-state index in [1.165, 1.54) is 180 Å². The van der Waals surface area contributed by atoms with Crippen molar-refractivity contribution in [3.63, 3.8) is 0 Å². The quantitative estimate of drug-likeness (QED) is 0.0517. The topological polar surface area (TPSA) is 27.7 Å². The molecule has 0 rings (SSSR count). The van der Waals surface area contributed by atoms with Crippen molar-refractivity contribution in [3.05, 3.63) is 24.3 Å². The van der Waals surface area contributed by atoms with E-state index in [0.29, 0.717) is 26.4 Å². The van der Waals surface area contributed by atoms with Crippen molar-refractivity contribution in [3.8, 4) is 0 Å². The van der Waals surface area contributed by atoms with Gasteiger partial charge in [0.15, 0.2) is 0 Å². The molecule has 0 bridgehead atoms. The summed E-state index contributed by atoms with van der Waals surface area (Å²) in [6.45, 7) is 9.10. The lowest BCUT2D eigenvalue weighted by molar-refractivity contribution is 0.0132. The lowest BCUT2D eigenvalue weighted by atomic mass is 10.1. The molecule has 0 aliphatic heterocycles. The lowest BCUT2D eigenvalue weighted by Gasteiger charge is -2.07. The number of unbranched alkanes of at least 4 members (excludes halogenated alkanes) is 24. The van der Waals surface area contributed by atoms with Crippen molar-refractivity contribution < 1.29 is 14.2 Å². The summed E-state index contributed by atoms with van der Waals surface area (Å²) < 4.78 is 17.1. The second kappa shape index (κ2) is 41.4. The van der Waals surface area contributed by atoms with Gasteiger partial charge in [-0.15, -0.1) is 0 Å². The minimum absolute atomic E-state index is 0.684. The van der Waals surface area contributed by atoms with E-state index in [2.05, 4.69) is 38.2 Å². The summed E-state index contributed by atoms with van der Waals surface area (Å²) in [5, 5.41) is 0. The fourth-order valence-electron chi connectivity index (χ4n) is 5.45. The van der Waals surface area contributed by atoms with Gasteiger partial charge >= 0.3 is 0 Å². The summed E-state index contributed by atoms with van der Waals surface area (Å²) in [5.74, 6) is 0. The number of hydrogen-bond acceptors (Lipinski definition) is 3. The maximum atomic E-state index is 5.72. The number of hydrogen-bond donors (Lipinski definition) is 0. The van der Waals surface area contributed by atoms with E-state index >= 15 is 0 Å². The van der Waals surface area contributed by atoms with E-state index in [1.54, 1.807) is 0 Å². The van der Waals surface area contributed by atoms with Gasteiger partial charge in [-0.25, -0.2) is 0 Å². The average molecular weight is 607 g/mol. The van der Waals surface area contributed by atoms with Gasteiger partial charge in [0, 0.05) is 13.2 Å². The molecule has 0 N–H and O–H groups in total. The van der Waals surface area contributed by atoms with Crippen molar-refractivity contribution in [1.29, 1.82) is 0 Å². The Balaban J connectivity index is 3.09. The van der Waals surface area contributed by atoms with Crippen LogP contribution >= 0.6 is 0 Å². The molecule has 0 unspecified atom stereocenters. The molecule has 0 amide bonds. The Bertz CT molecular complexity index is 484. The summed E-state index contributed by atoms with van der Waals surface area (Å²) in [7, 11) is 0. The van der Waals surface area contributed by atoms with Gasteiger partial charge in [-0.1, -0.05) is 154 Å². The molecule has 3 heteroatoms. The van der Waals surface area contributed by atoms with Crippen molar-refractivity contribution in [2.45, 2.75) is 194 Å². The standard InChI is InChI=1S/C40H78O3/c1-3-5-7-9-11-13-15-17-19-21-23-25-27-29-31-33-35-41-37-39-43-40-38-42-36-34-32-30-28-26-24-22-20-18-16-14-12-10-8-6-4-2/h17-20H,3-16,21-40H2,1-2H3. The van der Waals surface area contributed by atoms with Crippen LogP contribution in [0.4, 0.5) is 0 Å². The average Bonchev–Trinajstić information content (AvgIpc) is 3.02. The van der Waals surface area contributed by atoms with E-state index in [0.717, 1.165) is 13.2 Å². The molecule has 0 aromatic carbocycles. The second-order valence-corrected chi connectivity index (χ2v) is 12.7. The highest BCUT2D eigenvalue weighted by Gasteiger charge is 1.96. The Labute approximate surface area is 271 Å². The molecule has 3 nitrogen and oxygen atoms in total. The van der Waals surface area contributed by atoms with Crippen molar-refractivity contribution in [2.75, 3.05) is 39.6 Å². The van der Waals surface area contributed by atoms with E-state index < -0.39 is 0 Å². The Morgan fingerprint density at radius 2 is 0.488 bits per heavy atom. The smallest absolute Gasteiger partial charge is 0.0701 e. The van der Waals surface area contributed by atoms with Crippen LogP contribution in [0.3, 0.4) is 0 Å². The Kier molecular flexibility index (Phi) is 40.7. The third-order valence-electron chi connectivity index (χ3n) is 8.34. The Hall–Kier alpha value is -0.640. The Morgan fingerprint density at radius 1 is 0.256 bits per heavy atom. The van der Waals surface area contributed by atoms with Crippen LogP contribution in [-0.4, -0.2) is 39.6 Å². The molecule has 0 atom stereocenters. The fourth-order valence-corrected chi connectivity index (χ4v) is 5.45. The van der Waals surface area contributed by atoms with Crippen LogP contribution in [0.15, 0.2) is 24.3 Å². The molecule has 0 saturated heterocycles. The second-order valence-electron chi connectivity index (χ2n) is 12.7. The first-order valence-corrected chi connectivity index (χ1v) is 19.4. The number of rotatable bonds is 38. The molecule has 0 aliphatic carbocycles. The number of allylic oxidation sites excluding steroid dienone is 4. The molecule has 0 fully saturated rings. The van der Waals surface area contributed by atoms with E-state index in [4.69, 9.17) is 14.2 Å².